The number of thioether (sulfide) groups is 1. The molecule has 0 saturated carbocycles. The lowest BCUT2D eigenvalue weighted by atomic mass is 10.2. The molecular weight excluding hydrogens is 365 g/mol. The molecule has 0 spiro atoms. The highest BCUT2D eigenvalue weighted by Crippen LogP contribution is 2.36. The molecule has 0 aliphatic heterocycles. The summed E-state index contributed by atoms with van der Waals surface area (Å²) in [6, 6.07) is 2.61. The van der Waals surface area contributed by atoms with E-state index in [4.69, 9.17) is 0 Å². The van der Waals surface area contributed by atoms with Crippen molar-refractivity contribution in [2.24, 2.45) is 7.05 Å². The van der Waals surface area contributed by atoms with Gasteiger partial charge in [-0.05, 0) is 24.3 Å². The van der Waals surface area contributed by atoms with Crippen molar-refractivity contribution in [2.75, 3.05) is 5.75 Å². The Balaban J connectivity index is 2.23. The number of aromatic hydroxyl groups is 1. The van der Waals surface area contributed by atoms with Crippen LogP contribution in [0, 0.1) is 0 Å². The lowest BCUT2D eigenvalue weighted by Crippen LogP contribution is -2.05. The van der Waals surface area contributed by atoms with Gasteiger partial charge in [-0.25, -0.2) is 15.0 Å². The van der Waals surface area contributed by atoms with Crippen molar-refractivity contribution < 1.29 is 18.3 Å². The van der Waals surface area contributed by atoms with Gasteiger partial charge in [-0.15, -0.1) is 11.8 Å². The highest BCUT2D eigenvalue weighted by Gasteiger charge is 2.32. The summed E-state index contributed by atoms with van der Waals surface area (Å²) in [6.07, 6.45) is -3.15. The first-order chi connectivity index (χ1) is 12.3. The van der Waals surface area contributed by atoms with Crippen molar-refractivity contribution >= 4 is 22.9 Å². The minimum absolute atomic E-state index is 0.100. The van der Waals surface area contributed by atoms with E-state index in [-0.39, 0.29) is 11.3 Å². The van der Waals surface area contributed by atoms with Crippen LogP contribution in [0.4, 0.5) is 13.2 Å². The summed E-state index contributed by atoms with van der Waals surface area (Å²) < 4.78 is 40.4. The van der Waals surface area contributed by atoms with Gasteiger partial charge in [-0.1, -0.05) is 13.8 Å². The molecule has 0 aliphatic carbocycles. The highest BCUT2D eigenvalue weighted by molar-refractivity contribution is 7.99. The number of nitrogens with zero attached hydrogens (tertiary/aromatic N) is 4. The van der Waals surface area contributed by atoms with Crippen LogP contribution in [-0.4, -0.2) is 30.4 Å². The lowest BCUT2D eigenvalue weighted by Gasteiger charge is -2.11. The number of hydrogen-bond acceptors (Lipinski definition) is 5. The van der Waals surface area contributed by atoms with Crippen LogP contribution in [0.5, 0.6) is 5.75 Å². The number of alkyl halides is 3. The molecule has 0 amide bonds. The molecule has 0 atom stereocenters. The number of halogens is 3. The monoisotopic (exact) mass is 382 g/mol. The summed E-state index contributed by atoms with van der Waals surface area (Å²) in [5.41, 5.74) is 0.689. The lowest BCUT2D eigenvalue weighted by molar-refractivity contribution is -0.137. The van der Waals surface area contributed by atoms with E-state index in [1.54, 1.807) is 17.7 Å². The second kappa shape index (κ2) is 6.79. The van der Waals surface area contributed by atoms with E-state index in [1.165, 1.54) is 11.8 Å². The molecule has 0 unspecified atom stereocenters. The van der Waals surface area contributed by atoms with Gasteiger partial charge in [0.05, 0.1) is 11.3 Å². The van der Waals surface area contributed by atoms with Gasteiger partial charge in [-0.2, -0.15) is 13.2 Å². The molecule has 3 heterocycles. The molecule has 9 heteroatoms. The molecule has 3 aromatic heterocycles. The largest absolute Gasteiger partial charge is 0.506 e. The summed E-state index contributed by atoms with van der Waals surface area (Å²) >= 11 is 1.48. The van der Waals surface area contributed by atoms with E-state index in [2.05, 4.69) is 15.0 Å². The van der Waals surface area contributed by atoms with Crippen molar-refractivity contribution in [3.05, 3.63) is 29.6 Å². The Morgan fingerprint density at radius 1 is 1.19 bits per heavy atom. The van der Waals surface area contributed by atoms with Crippen molar-refractivity contribution in [2.45, 2.75) is 31.3 Å². The van der Waals surface area contributed by atoms with Crippen molar-refractivity contribution in [3.63, 3.8) is 0 Å². The molecule has 0 aromatic carbocycles. The zero-order valence-corrected chi connectivity index (χ0v) is 15.2. The summed E-state index contributed by atoms with van der Waals surface area (Å²) in [7, 11) is 1.69. The molecule has 0 saturated heterocycles. The van der Waals surface area contributed by atoms with Crippen LogP contribution < -0.4 is 0 Å². The highest BCUT2D eigenvalue weighted by atomic mass is 32.2. The van der Waals surface area contributed by atoms with Gasteiger partial charge >= 0.3 is 6.18 Å². The van der Waals surface area contributed by atoms with Gasteiger partial charge in [0.2, 0.25) is 0 Å². The summed E-state index contributed by atoms with van der Waals surface area (Å²) in [4.78, 5) is 13.5. The molecule has 5 nitrogen and oxygen atoms in total. The van der Waals surface area contributed by atoms with Crippen LogP contribution in [0.2, 0.25) is 0 Å². The number of hydrogen-bond donors (Lipinski definition) is 1. The number of aryl methyl sites for hydroxylation is 2. The predicted octanol–water partition coefficient (Wildman–Crippen LogP) is 4.43. The summed E-state index contributed by atoms with van der Waals surface area (Å²) in [5, 5.41) is 10.1. The Labute approximate surface area is 152 Å². The van der Waals surface area contributed by atoms with Gasteiger partial charge in [0.25, 0.3) is 0 Å². The van der Waals surface area contributed by atoms with Crippen molar-refractivity contribution in [3.8, 4) is 17.3 Å². The molecule has 0 radical (unpaired) electrons. The van der Waals surface area contributed by atoms with Gasteiger partial charge in [-0.3, -0.25) is 0 Å². The molecule has 3 aromatic rings. The molecule has 3 rings (SSSR count). The third kappa shape index (κ3) is 3.23. The fourth-order valence-electron chi connectivity index (χ4n) is 2.65. The predicted molar refractivity (Wildman–Crippen MR) is 94.2 cm³/mol. The maximum absolute atomic E-state index is 12.9. The van der Waals surface area contributed by atoms with Crippen LogP contribution in [0.3, 0.4) is 0 Å². The minimum atomic E-state index is -4.48. The minimum Gasteiger partial charge on any atom is -0.506 e. The van der Waals surface area contributed by atoms with E-state index in [9.17, 15) is 18.3 Å². The quantitative estimate of drug-likeness (QED) is 0.677. The molecular formula is C17H17F3N4OS. The fourth-order valence-corrected chi connectivity index (χ4v) is 3.43. The van der Waals surface area contributed by atoms with Crippen LogP contribution in [0.15, 0.2) is 23.2 Å². The van der Waals surface area contributed by atoms with E-state index in [1.807, 2.05) is 13.8 Å². The Morgan fingerprint density at radius 2 is 1.92 bits per heavy atom. The van der Waals surface area contributed by atoms with E-state index >= 15 is 0 Å². The third-order valence-electron chi connectivity index (χ3n) is 3.93. The third-order valence-corrected chi connectivity index (χ3v) is 4.84. The zero-order chi connectivity index (χ0) is 19.1. The topological polar surface area (TPSA) is 63.8 Å². The van der Waals surface area contributed by atoms with Crippen molar-refractivity contribution in [1.29, 1.82) is 0 Å². The Bertz CT molecular complexity index is 969. The number of fused-ring (bicyclic) bond motifs is 1. The first-order valence-electron chi connectivity index (χ1n) is 8.02. The Hall–Kier alpha value is -2.29. The van der Waals surface area contributed by atoms with Crippen LogP contribution in [0.25, 0.3) is 22.7 Å². The maximum Gasteiger partial charge on any atom is 0.417 e. The maximum atomic E-state index is 12.9. The van der Waals surface area contributed by atoms with E-state index in [0.29, 0.717) is 29.3 Å². The first-order valence-corrected chi connectivity index (χ1v) is 9.00. The standard InChI is InChI=1S/C17H17F3N4OS/c1-4-10-12(25)7-13(26-5-2)14(22-10)16-23-11-6-9(17(18,19)20)8-21-15(11)24(16)3/h6-8,25H,4-5H2,1-3H3. The fraction of sp³-hybridized carbons (Fsp3) is 0.353. The van der Waals surface area contributed by atoms with Gasteiger partial charge in [0.1, 0.15) is 17.0 Å². The van der Waals surface area contributed by atoms with Crippen LogP contribution in [-0.2, 0) is 19.6 Å². The average molecular weight is 382 g/mol. The SMILES string of the molecule is CCSc1cc(O)c(CC)nc1-c1nc2cc(C(F)(F)F)cnc2n1C. The smallest absolute Gasteiger partial charge is 0.417 e. The zero-order valence-electron chi connectivity index (χ0n) is 14.4. The molecule has 0 bridgehead atoms. The second-order valence-electron chi connectivity index (χ2n) is 5.65. The van der Waals surface area contributed by atoms with Crippen LogP contribution in [0.1, 0.15) is 25.1 Å². The number of rotatable bonds is 4. The van der Waals surface area contributed by atoms with Gasteiger partial charge < -0.3 is 9.67 Å². The molecule has 26 heavy (non-hydrogen) atoms. The van der Waals surface area contributed by atoms with E-state index < -0.39 is 11.7 Å². The number of imidazole rings is 1. The molecule has 1 N–H and O–H groups in total. The summed E-state index contributed by atoms with van der Waals surface area (Å²) in [5.74, 6) is 1.26. The Morgan fingerprint density at radius 3 is 2.54 bits per heavy atom. The van der Waals surface area contributed by atoms with Crippen molar-refractivity contribution in [1.82, 2.24) is 19.5 Å². The Kier molecular flexibility index (Phi) is 4.83. The average Bonchev–Trinajstić information content (AvgIpc) is 2.91. The van der Waals surface area contributed by atoms with Gasteiger partial charge in [0, 0.05) is 18.1 Å². The van der Waals surface area contributed by atoms with Crippen LogP contribution >= 0.6 is 11.8 Å². The first kappa shape index (κ1) is 18.5. The molecule has 138 valence electrons. The normalized spacial score (nSPS) is 12.1. The number of pyridine rings is 2. The van der Waals surface area contributed by atoms with E-state index in [0.717, 1.165) is 22.9 Å². The van der Waals surface area contributed by atoms with Gasteiger partial charge in [0.15, 0.2) is 11.5 Å². The summed E-state index contributed by atoms with van der Waals surface area (Å²) in [6.45, 7) is 3.83. The molecule has 0 fully saturated rings. The second-order valence-corrected chi connectivity index (χ2v) is 6.95. The molecule has 0 aliphatic rings. The number of aromatic nitrogens is 4.